The molecule has 1 heterocycles. The Morgan fingerprint density at radius 1 is 1.00 bits per heavy atom. The molecule has 1 aliphatic heterocycles. The molecule has 1 fully saturated rings. The lowest BCUT2D eigenvalue weighted by atomic mass is 10.1. The van der Waals surface area contributed by atoms with E-state index in [1.54, 1.807) is 13.8 Å². The predicted molar refractivity (Wildman–Crippen MR) is 122 cm³/mol. The Labute approximate surface area is 194 Å². The van der Waals surface area contributed by atoms with E-state index in [-0.39, 0.29) is 23.5 Å². The average Bonchev–Trinajstić information content (AvgIpc) is 2.73. The minimum Gasteiger partial charge on any atom is -0.490 e. The van der Waals surface area contributed by atoms with Crippen LogP contribution in [0.3, 0.4) is 0 Å². The van der Waals surface area contributed by atoms with Crippen molar-refractivity contribution in [3.05, 3.63) is 54.1 Å². The molecule has 0 aliphatic carbocycles. The second-order valence-electron chi connectivity index (χ2n) is 8.45. The van der Waals surface area contributed by atoms with Gasteiger partial charge >= 0.3 is 0 Å². The summed E-state index contributed by atoms with van der Waals surface area (Å²) in [5.74, 6) is -1.67. The van der Waals surface area contributed by atoms with Crippen LogP contribution >= 0.6 is 0 Å². The van der Waals surface area contributed by atoms with Gasteiger partial charge in [-0.1, -0.05) is 19.9 Å². The average molecular weight is 503 g/mol. The first-order valence-electron chi connectivity index (χ1n) is 10.6. The highest BCUT2D eigenvalue weighted by molar-refractivity contribution is 7.92. The third-order valence-electron chi connectivity index (χ3n) is 5.30. The van der Waals surface area contributed by atoms with E-state index in [9.17, 15) is 25.6 Å². The summed E-state index contributed by atoms with van der Waals surface area (Å²) in [4.78, 5) is -0.120. The Bertz CT molecular complexity index is 1160. The number of nitrogens with zero attached hydrogens (tertiary/aromatic N) is 2. The Morgan fingerprint density at radius 2 is 1.55 bits per heavy atom. The van der Waals surface area contributed by atoms with Gasteiger partial charge < -0.3 is 4.74 Å². The maximum Gasteiger partial charge on any atom is 0.264 e. The molecule has 182 valence electrons. The number of piperidine rings is 1. The van der Waals surface area contributed by atoms with Gasteiger partial charge in [0.25, 0.3) is 10.0 Å². The SMILES string of the molecule is CC(C)CN(c1c(F)cccc1F)S(=O)(=O)c1ccc(OC2CCN(S(C)(=O)=O)CC2)cc1. The number of rotatable bonds is 8. The summed E-state index contributed by atoms with van der Waals surface area (Å²) in [5, 5.41) is 0. The highest BCUT2D eigenvalue weighted by Crippen LogP contribution is 2.31. The van der Waals surface area contributed by atoms with E-state index in [1.165, 1.54) is 40.9 Å². The molecule has 2 aromatic carbocycles. The molecule has 0 atom stereocenters. The Balaban J connectivity index is 1.79. The van der Waals surface area contributed by atoms with Crippen molar-refractivity contribution in [2.45, 2.75) is 37.7 Å². The molecule has 0 spiro atoms. The van der Waals surface area contributed by atoms with Crippen LogP contribution in [-0.4, -0.2) is 53.1 Å². The second-order valence-corrected chi connectivity index (χ2v) is 12.3. The third-order valence-corrected chi connectivity index (χ3v) is 8.39. The van der Waals surface area contributed by atoms with Gasteiger partial charge in [-0.25, -0.2) is 29.9 Å². The Hall–Kier alpha value is -2.24. The van der Waals surface area contributed by atoms with Gasteiger partial charge in [0.15, 0.2) is 11.6 Å². The maximum atomic E-state index is 14.4. The summed E-state index contributed by atoms with van der Waals surface area (Å²) in [6.07, 6.45) is 2.00. The van der Waals surface area contributed by atoms with Crippen molar-refractivity contribution in [2.24, 2.45) is 5.92 Å². The number of sulfonamides is 2. The topological polar surface area (TPSA) is 84.0 Å². The van der Waals surface area contributed by atoms with Gasteiger partial charge in [-0.3, -0.25) is 4.31 Å². The molecule has 33 heavy (non-hydrogen) atoms. The highest BCUT2D eigenvalue weighted by Gasteiger charge is 2.31. The first kappa shape index (κ1) is 25.4. The van der Waals surface area contributed by atoms with E-state index < -0.39 is 37.4 Å². The molecule has 2 aromatic rings. The lowest BCUT2D eigenvalue weighted by Gasteiger charge is -2.30. The van der Waals surface area contributed by atoms with Crippen LogP contribution in [-0.2, 0) is 20.0 Å². The van der Waals surface area contributed by atoms with Gasteiger partial charge in [-0.2, -0.15) is 0 Å². The monoisotopic (exact) mass is 502 g/mol. The first-order chi connectivity index (χ1) is 15.4. The first-order valence-corrected chi connectivity index (χ1v) is 13.9. The number of hydrogen-bond donors (Lipinski definition) is 0. The van der Waals surface area contributed by atoms with Gasteiger partial charge in [0.05, 0.1) is 11.2 Å². The third kappa shape index (κ3) is 6.01. The van der Waals surface area contributed by atoms with Gasteiger partial charge in [0.2, 0.25) is 10.0 Å². The van der Waals surface area contributed by atoms with Crippen LogP contribution in [0.1, 0.15) is 26.7 Å². The Morgan fingerprint density at radius 3 is 2.03 bits per heavy atom. The molecule has 3 rings (SSSR count). The van der Waals surface area contributed by atoms with Crippen LogP contribution < -0.4 is 9.04 Å². The quantitative estimate of drug-likeness (QED) is 0.551. The van der Waals surface area contributed by atoms with Crippen LogP contribution in [0, 0.1) is 17.6 Å². The van der Waals surface area contributed by atoms with Crippen LogP contribution in [0.15, 0.2) is 47.4 Å². The molecule has 11 heteroatoms. The van der Waals surface area contributed by atoms with E-state index in [2.05, 4.69) is 0 Å². The van der Waals surface area contributed by atoms with Crippen LogP contribution in [0.5, 0.6) is 5.75 Å². The molecule has 0 aromatic heterocycles. The van der Waals surface area contributed by atoms with Crippen molar-refractivity contribution >= 4 is 25.7 Å². The highest BCUT2D eigenvalue weighted by atomic mass is 32.2. The molecule has 0 radical (unpaired) electrons. The van der Waals surface area contributed by atoms with Gasteiger partial charge in [-0.05, 0) is 55.2 Å². The van der Waals surface area contributed by atoms with E-state index in [0.29, 0.717) is 31.7 Å². The van der Waals surface area contributed by atoms with Crippen LogP contribution in [0.2, 0.25) is 0 Å². The van der Waals surface area contributed by atoms with Gasteiger partial charge in [0.1, 0.15) is 17.5 Å². The summed E-state index contributed by atoms with van der Waals surface area (Å²) in [6.45, 7) is 4.13. The maximum absolute atomic E-state index is 14.4. The van der Waals surface area contributed by atoms with Crippen molar-refractivity contribution < 1.29 is 30.4 Å². The fourth-order valence-corrected chi connectivity index (χ4v) is 6.18. The van der Waals surface area contributed by atoms with E-state index in [0.717, 1.165) is 16.4 Å². The van der Waals surface area contributed by atoms with Crippen LogP contribution in [0.25, 0.3) is 0 Å². The van der Waals surface area contributed by atoms with Crippen molar-refractivity contribution in [3.63, 3.8) is 0 Å². The largest absolute Gasteiger partial charge is 0.490 e. The number of benzene rings is 2. The number of ether oxygens (including phenoxy) is 1. The lowest BCUT2D eigenvalue weighted by Crippen LogP contribution is -2.41. The molecule has 0 saturated carbocycles. The second kappa shape index (κ2) is 9.94. The zero-order valence-electron chi connectivity index (χ0n) is 18.7. The van der Waals surface area contributed by atoms with Gasteiger partial charge in [0, 0.05) is 19.6 Å². The van der Waals surface area contributed by atoms with E-state index >= 15 is 0 Å². The number of para-hydroxylation sites is 1. The summed E-state index contributed by atoms with van der Waals surface area (Å²) >= 11 is 0. The van der Waals surface area contributed by atoms with E-state index in [4.69, 9.17) is 4.74 Å². The fraction of sp³-hybridized carbons (Fsp3) is 0.455. The molecule has 0 N–H and O–H groups in total. The number of hydrogen-bond acceptors (Lipinski definition) is 5. The summed E-state index contributed by atoms with van der Waals surface area (Å²) in [6, 6.07) is 8.87. The van der Waals surface area contributed by atoms with Crippen molar-refractivity contribution in [1.29, 1.82) is 0 Å². The van der Waals surface area contributed by atoms with E-state index in [1.807, 2.05) is 0 Å². The van der Waals surface area contributed by atoms with Crippen molar-refractivity contribution in [2.75, 3.05) is 30.2 Å². The summed E-state index contributed by atoms with van der Waals surface area (Å²) in [5.41, 5.74) is -0.607. The van der Waals surface area contributed by atoms with Gasteiger partial charge in [-0.15, -0.1) is 0 Å². The Kier molecular flexibility index (Phi) is 7.65. The number of anilines is 1. The molecule has 1 saturated heterocycles. The number of halogens is 2. The zero-order chi connectivity index (χ0) is 24.4. The molecule has 1 aliphatic rings. The molecule has 0 bridgehead atoms. The summed E-state index contributed by atoms with van der Waals surface area (Å²) in [7, 11) is -7.48. The van der Waals surface area contributed by atoms with Crippen LogP contribution in [0.4, 0.5) is 14.5 Å². The lowest BCUT2D eigenvalue weighted by molar-refractivity contribution is 0.135. The minimum atomic E-state index is -4.24. The molecular weight excluding hydrogens is 474 g/mol. The molecule has 7 nitrogen and oxygen atoms in total. The fourth-order valence-electron chi connectivity index (χ4n) is 3.66. The molecule has 0 amide bonds. The normalized spacial score (nSPS) is 16.2. The smallest absolute Gasteiger partial charge is 0.264 e. The summed E-state index contributed by atoms with van der Waals surface area (Å²) < 4.78 is 86.7. The van der Waals surface area contributed by atoms with Crippen molar-refractivity contribution in [1.82, 2.24) is 4.31 Å². The predicted octanol–water partition coefficient (Wildman–Crippen LogP) is 3.62. The standard InChI is InChI=1S/C22H28F2N2O5S2/c1-16(2)15-26(22-20(23)5-4-6-21(22)24)33(29,30)19-9-7-17(8-10-19)31-18-11-13-25(14-12-18)32(3,27)28/h4-10,16,18H,11-15H2,1-3H3. The molecular formula is C22H28F2N2O5S2. The minimum absolute atomic E-state index is 0.0999. The van der Waals surface area contributed by atoms with Crippen molar-refractivity contribution in [3.8, 4) is 5.75 Å². The molecule has 0 unspecified atom stereocenters. The zero-order valence-corrected chi connectivity index (χ0v) is 20.4.